The molecule has 2 rings (SSSR count). The number of nitrogens with zero attached hydrogens (tertiary/aromatic N) is 1. The van der Waals surface area contributed by atoms with E-state index in [1.807, 2.05) is 42.2 Å². The molecule has 0 radical (unpaired) electrons. The first-order chi connectivity index (χ1) is 11.7. The average molecular weight is 333 g/mol. The minimum absolute atomic E-state index is 0.397. The molecule has 0 saturated carbocycles. The van der Waals surface area contributed by atoms with Crippen LogP contribution in [0.5, 0.6) is 0 Å². The number of hydrogen-bond donors (Lipinski definition) is 2. The molecule has 1 aromatic carbocycles. The van der Waals surface area contributed by atoms with Gasteiger partial charge in [0.1, 0.15) is 11.9 Å². The number of aliphatic hydroxyl groups is 2. The summed E-state index contributed by atoms with van der Waals surface area (Å²) in [5.74, 6) is 0.539. The van der Waals surface area contributed by atoms with Crippen molar-refractivity contribution in [2.45, 2.75) is 32.1 Å². The van der Waals surface area contributed by atoms with Gasteiger partial charge in [-0.15, -0.1) is 0 Å². The van der Waals surface area contributed by atoms with Crippen molar-refractivity contribution in [3.8, 4) is 0 Å². The molecule has 5 nitrogen and oxygen atoms in total. The molecule has 0 amide bonds. The zero-order chi connectivity index (χ0) is 17.2. The summed E-state index contributed by atoms with van der Waals surface area (Å²) in [5.41, 5.74) is 1.14. The Bertz CT molecular complexity index is 544. The Morgan fingerprint density at radius 1 is 1.08 bits per heavy atom. The van der Waals surface area contributed by atoms with Crippen molar-refractivity contribution >= 4 is 0 Å². The summed E-state index contributed by atoms with van der Waals surface area (Å²) in [6.45, 7) is 4.65. The van der Waals surface area contributed by atoms with Crippen molar-refractivity contribution in [2.24, 2.45) is 0 Å². The Morgan fingerprint density at radius 3 is 2.54 bits per heavy atom. The van der Waals surface area contributed by atoms with Crippen LogP contribution >= 0.6 is 0 Å². The SMILES string of the molecule is CCOCC[C@@H](O)CN(Cc1ccccc1)C[C@H](O)c1ccco1. The molecule has 0 unspecified atom stereocenters. The normalized spacial score (nSPS) is 14.0. The fourth-order valence-electron chi connectivity index (χ4n) is 2.61. The number of benzene rings is 1. The molecule has 2 aromatic rings. The first kappa shape index (κ1) is 18.7. The van der Waals surface area contributed by atoms with E-state index in [0.29, 0.717) is 45.0 Å². The molecule has 5 heteroatoms. The highest BCUT2D eigenvalue weighted by Gasteiger charge is 2.19. The highest BCUT2D eigenvalue weighted by Crippen LogP contribution is 2.17. The molecule has 0 aliphatic heterocycles. The van der Waals surface area contributed by atoms with Crippen molar-refractivity contribution in [3.05, 3.63) is 60.1 Å². The zero-order valence-electron chi connectivity index (χ0n) is 14.2. The van der Waals surface area contributed by atoms with E-state index in [4.69, 9.17) is 9.15 Å². The Hall–Kier alpha value is -1.66. The van der Waals surface area contributed by atoms with Crippen molar-refractivity contribution in [1.82, 2.24) is 4.90 Å². The number of furan rings is 1. The Kier molecular flexibility index (Phi) is 7.98. The Morgan fingerprint density at radius 2 is 1.88 bits per heavy atom. The molecule has 1 aromatic heterocycles. The topological polar surface area (TPSA) is 66.1 Å². The standard InChI is InChI=1S/C19H27NO4/c1-2-23-12-10-17(21)14-20(13-16-7-4-3-5-8-16)15-18(22)19-9-6-11-24-19/h3-9,11,17-18,21-22H,2,10,12-15H2,1H3/t17-,18+/m1/s1. The highest BCUT2D eigenvalue weighted by molar-refractivity contribution is 5.14. The largest absolute Gasteiger partial charge is 0.467 e. The third kappa shape index (κ3) is 6.45. The van der Waals surface area contributed by atoms with Gasteiger partial charge in [-0.3, -0.25) is 4.90 Å². The lowest BCUT2D eigenvalue weighted by molar-refractivity contribution is 0.0374. The molecule has 0 bridgehead atoms. The van der Waals surface area contributed by atoms with Gasteiger partial charge in [0.25, 0.3) is 0 Å². The van der Waals surface area contributed by atoms with Crippen LogP contribution in [-0.4, -0.2) is 47.5 Å². The summed E-state index contributed by atoms with van der Waals surface area (Å²) >= 11 is 0. The van der Waals surface area contributed by atoms with Gasteiger partial charge in [-0.1, -0.05) is 30.3 Å². The fourth-order valence-corrected chi connectivity index (χ4v) is 2.61. The van der Waals surface area contributed by atoms with E-state index in [1.54, 1.807) is 18.4 Å². The van der Waals surface area contributed by atoms with E-state index in [0.717, 1.165) is 5.56 Å². The van der Waals surface area contributed by atoms with Crippen molar-refractivity contribution in [2.75, 3.05) is 26.3 Å². The molecule has 0 saturated heterocycles. The predicted octanol–water partition coefficient (Wildman–Crippen LogP) is 2.60. The van der Waals surface area contributed by atoms with Crippen LogP contribution in [0.3, 0.4) is 0 Å². The van der Waals surface area contributed by atoms with Gasteiger partial charge in [0.05, 0.1) is 12.4 Å². The second-order valence-corrected chi connectivity index (χ2v) is 5.85. The minimum Gasteiger partial charge on any atom is -0.467 e. The summed E-state index contributed by atoms with van der Waals surface area (Å²) < 4.78 is 10.6. The molecule has 0 spiro atoms. The van der Waals surface area contributed by atoms with Gasteiger partial charge >= 0.3 is 0 Å². The van der Waals surface area contributed by atoms with Crippen LogP contribution in [0.2, 0.25) is 0 Å². The Labute approximate surface area is 143 Å². The molecular weight excluding hydrogens is 306 g/mol. The zero-order valence-corrected chi connectivity index (χ0v) is 14.2. The molecule has 2 atom stereocenters. The number of ether oxygens (including phenoxy) is 1. The monoisotopic (exact) mass is 333 g/mol. The maximum Gasteiger partial charge on any atom is 0.133 e. The predicted molar refractivity (Wildman–Crippen MR) is 92.5 cm³/mol. The highest BCUT2D eigenvalue weighted by atomic mass is 16.5. The van der Waals surface area contributed by atoms with Crippen LogP contribution in [0.1, 0.15) is 30.8 Å². The molecule has 0 fully saturated rings. The third-order valence-corrected chi connectivity index (χ3v) is 3.82. The first-order valence-corrected chi connectivity index (χ1v) is 8.42. The molecule has 2 N–H and O–H groups in total. The summed E-state index contributed by atoms with van der Waals surface area (Å²) in [6.07, 6.45) is 0.916. The van der Waals surface area contributed by atoms with Crippen molar-refractivity contribution < 1.29 is 19.4 Å². The van der Waals surface area contributed by atoms with Crippen LogP contribution in [0.25, 0.3) is 0 Å². The van der Waals surface area contributed by atoms with Crippen molar-refractivity contribution in [1.29, 1.82) is 0 Å². The lowest BCUT2D eigenvalue weighted by atomic mass is 10.1. The molecule has 132 valence electrons. The van der Waals surface area contributed by atoms with Crippen LogP contribution in [0, 0.1) is 0 Å². The van der Waals surface area contributed by atoms with Crippen LogP contribution in [-0.2, 0) is 11.3 Å². The summed E-state index contributed by atoms with van der Waals surface area (Å²) in [4.78, 5) is 2.04. The molecule has 24 heavy (non-hydrogen) atoms. The van der Waals surface area contributed by atoms with E-state index in [-0.39, 0.29) is 0 Å². The van der Waals surface area contributed by atoms with E-state index < -0.39 is 12.2 Å². The number of rotatable bonds is 11. The lowest BCUT2D eigenvalue weighted by Gasteiger charge is -2.27. The van der Waals surface area contributed by atoms with Crippen LogP contribution in [0.4, 0.5) is 0 Å². The van der Waals surface area contributed by atoms with Gasteiger partial charge < -0.3 is 19.4 Å². The van der Waals surface area contributed by atoms with E-state index >= 15 is 0 Å². The maximum atomic E-state index is 10.3. The van der Waals surface area contributed by atoms with E-state index in [1.165, 1.54) is 0 Å². The van der Waals surface area contributed by atoms with Gasteiger partial charge in [-0.05, 0) is 31.0 Å². The molecule has 0 aliphatic rings. The van der Waals surface area contributed by atoms with E-state index in [2.05, 4.69) is 0 Å². The molecule has 0 aliphatic carbocycles. The Balaban J connectivity index is 1.95. The van der Waals surface area contributed by atoms with E-state index in [9.17, 15) is 10.2 Å². The van der Waals surface area contributed by atoms with Crippen molar-refractivity contribution in [3.63, 3.8) is 0 Å². The van der Waals surface area contributed by atoms with Crippen LogP contribution in [0.15, 0.2) is 53.1 Å². The lowest BCUT2D eigenvalue weighted by Crippen LogP contribution is -2.35. The van der Waals surface area contributed by atoms with Crippen LogP contribution < -0.4 is 0 Å². The third-order valence-electron chi connectivity index (χ3n) is 3.82. The number of hydrogen-bond acceptors (Lipinski definition) is 5. The van der Waals surface area contributed by atoms with Gasteiger partial charge in [0.2, 0.25) is 0 Å². The van der Waals surface area contributed by atoms with Gasteiger partial charge in [0, 0.05) is 32.8 Å². The first-order valence-electron chi connectivity index (χ1n) is 8.42. The second-order valence-electron chi connectivity index (χ2n) is 5.85. The number of aliphatic hydroxyl groups excluding tert-OH is 2. The second kappa shape index (κ2) is 10.3. The summed E-state index contributed by atoms with van der Waals surface area (Å²) in [6, 6.07) is 13.6. The minimum atomic E-state index is -0.720. The van der Waals surface area contributed by atoms with Gasteiger partial charge in [-0.25, -0.2) is 0 Å². The van der Waals surface area contributed by atoms with Gasteiger partial charge in [0.15, 0.2) is 0 Å². The molecular formula is C19H27NO4. The quantitative estimate of drug-likeness (QED) is 0.619. The van der Waals surface area contributed by atoms with Gasteiger partial charge in [-0.2, -0.15) is 0 Å². The summed E-state index contributed by atoms with van der Waals surface area (Å²) in [7, 11) is 0. The maximum absolute atomic E-state index is 10.3. The smallest absolute Gasteiger partial charge is 0.133 e. The fraction of sp³-hybridized carbons (Fsp3) is 0.474. The average Bonchev–Trinajstić information content (AvgIpc) is 3.10. The summed E-state index contributed by atoms with van der Waals surface area (Å²) in [5, 5.41) is 20.6. The molecule has 1 heterocycles.